The average molecular weight is 276 g/mol. The Morgan fingerprint density at radius 1 is 1.15 bits per heavy atom. The Morgan fingerprint density at radius 2 is 1.95 bits per heavy atom. The van der Waals surface area contributed by atoms with Crippen LogP contribution in [0.3, 0.4) is 0 Å². The van der Waals surface area contributed by atoms with E-state index >= 15 is 0 Å². The summed E-state index contributed by atoms with van der Waals surface area (Å²) < 4.78 is 10.9. The highest BCUT2D eigenvalue weighted by Gasteiger charge is 2.36. The van der Waals surface area contributed by atoms with Crippen molar-refractivity contribution in [3.8, 4) is 11.5 Å². The van der Waals surface area contributed by atoms with Crippen LogP contribution in [0.4, 0.5) is 0 Å². The summed E-state index contributed by atoms with van der Waals surface area (Å²) in [6.45, 7) is 4.20. The molecule has 20 heavy (non-hydrogen) atoms. The van der Waals surface area contributed by atoms with Crippen molar-refractivity contribution < 1.29 is 9.47 Å². The van der Waals surface area contributed by atoms with E-state index in [0.29, 0.717) is 6.04 Å². The lowest BCUT2D eigenvalue weighted by Gasteiger charge is -2.21. The van der Waals surface area contributed by atoms with Gasteiger partial charge in [0.25, 0.3) is 0 Å². The van der Waals surface area contributed by atoms with Crippen molar-refractivity contribution in [1.82, 2.24) is 10.2 Å². The minimum Gasteiger partial charge on any atom is -0.497 e. The largest absolute Gasteiger partial charge is 0.497 e. The van der Waals surface area contributed by atoms with Crippen LogP contribution in [0.15, 0.2) is 24.3 Å². The maximum Gasteiger partial charge on any atom is 0.119 e. The second-order valence-corrected chi connectivity index (χ2v) is 5.62. The summed E-state index contributed by atoms with van der Waals surface area (Å²) in [7, 11) is 1.67. The van der Waals surface area contributed by atoms with Crippen LogP contribution >= 0.6 is 0 Å². The molecule has 4 heteroatoms. The smallest absolute Gasteiger partial charge is 0.119 e. The van der Waals surface area contributed by atoms with Gasteiger partial charge in [0, 0.05) is 25.2 Å². The molecule has 3 rings (SSSR count). The number of hydrogen-bond acceptors (Lipinski definition) is 4. The summed E-state index contributed by atoms with van der Waals surface area (Å²) in [5, 5.41) is 3.65. The maximum absolute atomic E-state index is 5.74. The minimum atomic E-state index is 0.664. The van der Waals surface area contributed by atoms with Gasteiger partial charge in [-0.15, -0.1) is 0 Å². The zero-order valence-electron chi connectivity index (χ0n) is 12.2. The molecule has 0 aliphatic carbocycles. The van der Waals surface area contributed by atoms with E-state index in [1.165, 1.54) is 32.4 Å². The first kappa shape index (κ1) is 13.7. The van der Waals surface area contributed by atoms with Crippen LogP contribution in [0.25, 0.3) is 0 Å². The summed E-state index contributed by atoms with van der Waals surface area (Å²) in [6.07, 6.45) is 4.01. The number of rotatable bonds is 6. The SMILES string of the molecule is COc1ccc(OCCNC2CCN3CCCC23)cc1. The normalized spacial score (nSPS) is 25.6. The molecule has 0 bridgehead atoms. The molecule has 0 spiro atoms. The zero-order valence-corrected chi connectivity index (χ0v) is 12.2. The molecule has 110 valence electrons. The Bertz CT molecular complexity index is 421. The quantitative estimate of drug-likeness (QED) is 0.805. The highest BCUT2D eigenvalue weighted by Crippen LogP contribution is 2.27. The van der Waals surface area contributed by atoms with Gasteiger partial charge in [-0.3, -0.25) is 4.90 Å². The van der Waals surface area contributed by atoms with Crippen molar-refractivity contribution in [1.29, 1.82) is 0 Å². The van der Waals surface area contributed by atoms with Gasteiger partial charge in [0.1, 0.15) is 18.1 Å². The molecule has 2 saturated heterocycles. The average Bonchev–Trinajstić information content (AvgIpc) is 3.08. The van der Waals surface area contributed by atoms with Crippen molar-refractivity contribution in [3.05, 3.63) is 24.3 Å². The molecule has 2 unspecified atom stereocenters. The summed E-state index contributed by atoms with van der Waals surface area (Å²) in [5.41, 5.74) is 0. The van der Waals surface area contributed by atoms with Crippen molar-refractivity contribution >= 4 is 0 Å². The number of methoxy groups -OCH3 is 1. The van der Waals surface area contributed by atoms with Crippen LogP contribution in [0, 0.1) is 0 Å². The van der Waals surface area contributed by atoms with Crippen molar-refractivity contribution in [2.24, 2.45) is 0 Å². The molecule has 2 fully saturated rings. The lowest BCUT2D eigenvalue weighted by Crippen LogP contribution is -2.40. The summed E-state index contributed by atoms with van der Waals surface area (Å²) in [6, 6.07) is 9.19. The fourth-order valence-electron chi connectivity index (χ4n) is 3.41. The lowest BCUT2D eigenvalue weighted by atomic mass is 10.1. The van der Waals surface area contributed by atoms with Crippen molar-refractivity contribution in [3.63, 3.8) is 0 Å². The predicted molar refractivity (Wildman–Crippen MR) is 79.5 cm³/mol. The van der Waals surface area contributed by atoms with Gasteiger partial charge in [0.05, 0.1) is 7.11 Å². The monoisotopic (exact) mass is 276 g/mol. The van der Waals surface area contributed by atoms with E-state index in [-0.39, 0.29) is 0 Å². The van der Waals surface area contributed by atoms with Gasteiger partial charge in [-0.05, 0) is 50.1 Å². The number of benzene rings is 1. The van der Waals surface area contributed by atoms with E-state index in [9.17, 15) is 0 Å². The van der Waals surface area contributed by atoms with E-state index in [0.717, 1.165) is 30.7 Å². The Balaban J connectivity index is 1.37. The van der Waals surface area contributed by atoms with Crippen LogP contribution in [-0.4, -0.2) is 50.3 Å². The van der Waals surface area contributed by atoms with Gasteiger partial charge in [-0.1, -0.05) is 0 Å². The first-order valence-electron chi connectivity index (χ1n) is 7.61. The van der Waals surface area contributed by atoms with E-state index in [2.05, 4.69) is 10.2 Å². The van der Waals surface area contributed by atoms with Gasteiger partial charge >= 0.3 is 0 Å². The van der Waals surface area contributed by atoms with E-state index in [1.54, 1.807) is 7.11 Å². The van der Waals surface area contributed by atoms with Gasteiger partial charge in [-0.25, -0.2) is 0 Å². The number of hydrogen-bond donors (Lipinski definition) is 1. The lowest BCUT2D eigenvalue weighted by molar-refractivity contribution is 0.276. The van der Waals surface area contributed by atoms with Gasteiger partial charge < -0.3 is 14.8 Å². The fourth-order valence-corrected chi connectivity index (χ4v) is 3.41. The van der Waals surface area contributed by atoms with Crippen LogP contribution in [0.2, 0.25) is 0 Å². The number of ether oxygens (including phenoxy) is 2. The van der Waals surface area contributed by atoms with Crippen LogP contribution in [0.1, 0.15) is 19.3 Å². The van der Waals surface area contributed by atoms with Crippen molar-refractivity contribution in [2.75, 3.05) is 33.4 Å². The first-order chi connectivity index (χ1) is 9.86. The molecule has 1 N–H and O–H groups in total. The number of fused-ring (bicyclic) bond motifs is 1. The Kier molecular flexibility index (Phi) is 4.43. The highest BCUT2D eigenvalue weighted by atomic mass is 16.5. The summed E-state index contributed by atoms with van der Waals surface area (Å²) in [4.78, 5) is 2.63. The van der Waals surface area contributed by atoms with Gasteiger partial charge in [0.2, 0.25) is 0 Å². The topological polar surface area (TPSA) is 33.7 Å². The third kappa shape index (κ3) is 3.07. The molecule has 0 radical (unpaired) electrons. The standard InChI is InChI=1S/C16H24N2O2/c1-19-13-4-6-14(7-5-13)20-12-9-17-15-8-11-18-10-2-3-16(15)18/h4-7,15-17H,2-3,8-12H2,1H3. The fraction of sp³-hybridized carbons (Fsp3) is 0.625. The van der Waals surface area contributed by atoms with Gasteiger partial charge in [0.15, 0.2) is 0 Å². The summed E-state index contributed by atoms with van der Waals surface area (Å²) in [5.74, 6) is 1.77. The maximum atomic E-state index is 5.74. The third-order valence-corrected chi connectivity index (χ3v) is 4.44. The Labute approximate surface area is 121 Å². The molecule has 4 nitrogen and oxygen atoms in total. The molecule has 2 aliphatic rings. The van der Waals surface area contributed by atoms with Crippen LogP contribution in [0.5, 0.6) is 11.5 Å². The minimum absolute atomic E-state index is 0.664. The molecule has 1 aromatic carbocycles. The molecular formula is C16H24N2O2. The van der Waals surface area contributed by atoms with Gasteiger partial charge in [-0.2, -0.15) is 0 Å². The van der Waals surface area contributed by atoms with E-state index < -0.39 is 0 Å². The Hall–Kier alpha value is -1.26. The molecular weight excluding hydrogens is 252 g/mol. The van der Waals surface area contributed by atoms with E-state index in [1.807, 2.05) is 24.3 Å². The first-order valence-corrected chi connectivity index (χ1v) is 7.61. The predicted octanol–water partition coefficient (Wildman–Crippen LogP) is 1.90. The zero-order chi connectivity index (χ0) is 13.8. The van der Waals surface area contributed by atoms with Crippen LogP contribution in [-0.2, 0) is 0 Å². The summed E-state index contributed by atoms with van der Waals surface area (Å²) >= 11 is 0. The number of nitrogens with zero attached hydrogens (tertiary/aromatic N) is 1. The third-order valence-electron chi connectivity index (χ3n) is 4.44. The van der Waals surface area contributed by atoms with Crippen LogP contribution < -0.4 is 14.8 Å². The molecule has 0 aromatic heterocycles. The highest BCUT2D eigenvalue weighted by molar-refractivity contribution is 5.31. The Morgan fingerprint density at radius 3 is 2.75 bits per heavy atom. The van der Waals surface area contributed by atoms with Crippen molar-refractivity contribution in [2.45, 2.75) is 31.3 Å². The molecule has 0 amide bonds. The van der Waals surface area contributed by atoms with E-state index in [4.69, 9.17) is 9.47 Å². The number of nitrogens with one attached hydrogen (secondary N) is 1. The molecule has 0 saturated carbocycles. The molecule has 2 heterocycles. The second-order valence-electron chi connectivity index (χ2n) is 5.62. The molecule has 2 atom stereocenters. The molecule has 2 aliphatic heterocycles. The molecule has 1 aromatic rings. The second kappa shape index (κ2) is 6.46.